The Morgan fingerprint density at radius 3 is 0.459 bits per heavy atom. The summed E-state index contributed by atoms with van der Waals surface area (Å²) in [6.45, 7) is 0. The minimum Gasteiger partial charge on any atom is -0.358 e. The fourth-order valence-electron chi connectivity index (χ4n) is 4.62. The molecule has 4 heteroatoms. The summed E-state index contributed by atoms with van der Waals surface area (Å²) in [4.78, 5) is 34.8. The van der Waals surface area contributed by atoms with Gasteiger partial charge in [-0.25, -0.2) is 0 Å². The number of ketones is 3. The van der Waals surface area contributed by atoms with Crippen molar-refractivity contribution < 1.29 is 35.4 Å². The van der Waals surface area contributed by atoms with E-state index in [1.807, 2.05) is 218 Å². The number of rotatable bonds is 12. The second-order valence-electron chi connectivity index (χ2n) is 11.7. The maximum atomic E-state index is 11.6. The summed E-state index contributed by atoms with van der Waals surface area (Å²) in [5, 5.41) is 0. The molecule has 0 saturated heterocycles. The van der Waals surface area contributed by atoms with Crippen LogP contribution in [0.3, 0.4) is 0 Å². The fourth-order valence-corrected chi connectivity index (χ4v) is 4.62. The van der Waals surface area contributed by atoms with Gasteiger partial charge in [-0.05, 0) is 69.8 Å². The third kappa shape index (κ3) is 27.7. The van der Waals surface area contributed by atoms with E-state index in [-0.39, 0.29) is 83.0 Å². The molecule has 0 aliphatic heterocycles. The van der Waals surface area contributed by atoms with Gasteiger partial charge < -0.3 is 44.6 Å². The van der Waals surface area contributed by atoms with E-state index in [1.54, 1.807) is 36.5 Å². The van der Waals surface area contributed by atoms with Crippen LogP contribution in [0.1, 0.15) is 33.4 Å². The molecule has 3 nitrogen and oxygen atoms in total. The molecule has 322 valence electrons. The quantitative estimate of drug-likeness (QED) is 0.0907. The second kappa shape index (κ2) is 37.7. The third-order valence-electron chi connectivity index (χ3n) is 7.44. The first kappa shape index (κ1) is 61.1. The zero-order valence-corrected chi connectivity index (χ0v) is 38.6. The van der Waals surface area contributed by atoms with Gasteiger partial charge in [-0.1, -0.05) is 218 Å². The van der Waals surface area contributed by atoms with Crippen molar-refractivity contribution in [1.82, 2.24) is 0 Å². The number of allylic oxidation sites excluding steroid dienone is 6. The molecule has 0 bridgehead atoms. The molecule has 0 unspecified atom stereocenters. The molecule has 6 rings (SSSR count). The van der Waals surface area contributed by atoms with E-state index in [0.717, 1.165) is 33.4 Å². The van der Waals surface area contributed by atoms with Gasteiger partial charge in [0, 0.05) is 21.1 Å². The Labute approximate surface area is 383 Å². The van der Waals surface area contributed by atoms with Gasteiger partial charge in [0.15, 0.2) is 17.3 Å². The van der Waals surface area contributed by atoms with Gasteiger partial charge >= 0.3 is 0 Å². The molecule has 0 radical (unpaired) electrons. The molecule has 0 fully saturated rings. The Morgan fingerprint density at radius 2 is 0.344 bits per heavy atom. The zero-order valence-electron chi connectivity index (χ0n) is 36.3. The Morgan fingerprint density at radius 1 is 0.230 bits per heavy atom. The normalized spacial score (nSPS) is 9.84. The molecule has 0 saturated carbocycles. The van der Waals surface area contributed by atoms with Crippen LogP contribution in [0.25, 0.3) is 36.5 Å². The molecule has 6 aromatic rings. The molecule has 61 heavy (non-hydrogen) atoms. The van der Waals surface area contributed by atoms with E-state index in [0.29, 0.717) is 0 Å². The van der Waals surface area contributed by atoms with Crippen molar-refractivity contribution >= 4 is 53.8 Å². The van der Waals surface area contributed by atoms with E-state index in [2.05, 4.69) is 0 Å². The van der Waals surface area contributed by atoms with E-state index in [9.17, 15) is 14.4 Å². The van der Waals surface area contributed by atoms with Crippen molar-refractivity contribution in [2.24, 2.45) is 0 Å². The summed E-state index contributed by atoms with van der Waals surface area (Å²) < 4.78 is 0. The van der Waals surface area contributed by atoms with E-state index >= 15 is 0 Å². The number of hydrogen-bond donors (Lipinski definition) is 0. The minimum atomic E-state index is -0.0114. The van der Waals surface area contributed by atoms with E-state index in [1.165, 1.54) is 0 Å². The molecule has 6 aromatic carbocycles. The summed E-state index contributed by atoms with van der Waals surface area (Å²) in [6.07, 6.45) is 20.4. The molecular weight excluding hydrogens is 928 g/mol. The topological polar surface area (TPSA) is 51.2 Å². The average molecular weight is 988 g/mol. The maximum absolute atomic E-state index is 11.6. The van der Waals surface area contributed by atoms with Gasteiger partial charge in [0.25, 0.3) is 0 Å². The fraction of sp³-hybridized carbons (Fsp3) is 0. The van der Waals surface area contributed by atoms with Crippen molar-refractivity contribution in [3.8, 4) is 0 Å². The van der Waals surface area contributed by atoms with Gasteiger partial charge in [0.1, 0.15) is 0 Å². The van der Waals surface area contributed by atoms with Crippen molar-refractivity contribution in [3.05, 3.63) is 296 Å². The molecular formula is C57H60O3Pt-6. The SMILES string of the molecule is O=C(/C=C/c1ccccc1)/C=C/c1ccccc1.O=C(/C=C/c1ccccc1)/C=C/c1ccccc1.O=C(/C=C/c1ccccc1)/C=C/c1ccccc1.[CH3-].[CH3-].[CH3-].[CH3-].[CH3-].[CH3-].[Pt]. The summed E-state index contributed by atoms with van der Waals surface area (Å²) in [5.41, 5.74) is 6.16. The van der Waals surface area contributed by atoms with Crippen molar-refractivity contribution in [2.45, 2.75) is 0 Å². The van der Waals surface area contributed by atoms with Crippen molar-refractivity contribution in [3.63, 3.8) is 0 Å². The summed E-state index contributed by atoms with van der Waals surface area (Å²) in [7, 11) is 0. The smallest absolute Gasteiger partial charge is 0.178 e. The van der Waals surface area contributed by atoms with Gasteiger partial charge in [-0.15, -0.1) is 0 Å². The van der Waals surface area contributed by atoms with Crippen LogP contribution in [-0.4, -0.2) is 17.3 Å². The molecule has 0 aliphatic rings. The molecule has 0 aromatic heterocycles. The number of hydrogen-bond acceptors (Lipinski definition) is 3. The largest absolute Gasteiger partial charge is 0.358 e. The Bertz CT molecular complexity index is 1760. The van der Waals surface area contributed by atoms with Gasteiger partial charge in [0.05, 0.1) is 0 Å². The maximum Gasteiger partial charge on any atom is 0.178 e. The Hall–Kier alpha value is -6.54. The number of benzene rings is 6. The molecule has 0 N–H and O–H groups in total. The van der Waals surface area contributed by atoms with Gasteiger partial charge in [-0.2, -0.15) is 0 Å². The monoisotopic (exact) mass is 987 g/mol. The van der Waals surface area contributed by atoms with Gasteiger partial charge in [0.2, 0.25) is 0 Å². The van der Waals surface area contributed by atoms with Crippen LogP contribution in [0.4, 0.5) is 0 Å². The van der Waals surface area contributed by atoms with Crippen LogP contribution in [0, 0.1) is 44.6 Å². The molecule has 0 amide bonds. The first-order valence-electron chi connectivity index (χ1n) is 17.5. The zero-order chi connectivity index (χ0) is 37.9. The standard InChI is InChI=1S/3C17H14O.6CH3.Pt/c3*18-17(13-11-15-7-3-1-4-8-15)14-12-16-9-5-2-6-10-16;;;;;;;/h3*1-14H;6*1H3;/q;;;6*-1;/b3*13-11+,14-12+;;;;;;;. The van der Waals surface area contributed by atoms with Crippen LogP contribution in [0.15, 0.2) is 218 Å². The predicted octanol–water partition coefficient (Wildman–Crippen LogP) is 14.6. The van der Waals surface area contributed by atoms with E-state index < -0.39 is 0 Å². The van der Waals surface area contributed by atoms with Crippen LogP contribution in [-0.2, 0) is 35.4 Å². The molecule has 0 atom stereocenters. The van der Waals surface area contributed by atoms with Crippen LogP contribution in [0.2, 0.25) is 0 Å². The Kier molecular flexibility index (Phi) is 37.8. The van der Waals surface area contributed by atoms with Crippen molar-refractivity contribution in [2.75, 3.05) is 0 Å². The predicted molar refractivity (Wildman–Crippen MR) is 266 cm³/mol. The van der Waals surface area contributed by atoms with Crippen LogP contribution < -0.4 is 0 Å². The summed E-state index contributed by atoms with van der Waals surface area (Å²) >= 11 is 0. The molecule has 0 spiro atoms. The molecule has 0 heterocycles. The Balaban J connectivity index is -0.000000378. The minimum absolute atomic E-state index is 0. The second-order valence-corrected chi connectivity index (χ2v) is 11.7. The number of carbonyl (C=O) groups excluding carboxylic acids is 3. The van der Waals surface area contributed by atoms with Crippen LogP contribution in [0.5, 0.6) is 0 Å². The average Bonchev–Trinajstić information content (AvgIpc) is 3.24. The van der Waals surface area contributed by atoms with Crippen molar-refractivity contribution in [1.29, 1.82) is 0 Å². The van der Waals surface area contributed by atoms with Gasteiger partial charge in [-0.3, -0.25) is 14.4 Å². The first-order chi connectivity index (χ1) is 26.5. The summed E-state index contributed by atoms with van der Waals surface area (Å²) in [6, 6.07) is 58.7. The molecule has 0 aliphatic carbocycles. The number of carbonyl (C=O) groups is 3. The first-order valence-corrected chi connectivity index (χ1v) is 17.5. The third-order valence-corrected chi connectivity index (χ3v) is 7.44. The van der Waals surface area contributed by atoms with Crippen LogP contribution >= 0.6 is 0 Å². The summed E-state index contributed by atoms with van der Waals surface area (Å²) in [5.74, 6) is -0.0341. The van der Waals surface area contributed by atoms with E-state index in [4.69, 9.17) is 0 Å².